The summed E-state index contributed by atoms with van der Waals surface area (Å²) in [4.78, 5) is 24.1. The number of benzene rings is 2. The number of aromatic nitrogens is 3. The topological polar surface area (TPSA) is 90.1 Å². The quantitative estimate of drug-likeness (QED) is 0.372. The molecule has 0 aliphatic rings. The van der Waals surface area contributed by atoms with Gasteiger partial charge < -0.3 is 9.15 Å². The summed E-state index contributed by atoms with van der Waals surface area (Å²) in [5.74, 6) is 1.09. The maximum Gasteiger partial charge on any atom is 0.343 e. The van der Waals surface area contributed by atoms with Crippen LogP contribution in [0.4, 0.5) is 0 Å². The van der Waals surface area contributed by atoms with Gasteiger partial charge in [-0.15, -0.1) is 5.10 Å². The Morgan fingerprint density at radius 1 is 1.14 bits per heavy atom. The van der Waals surface area contributed by atoms with Crippen LogP contribution in [0.5, 0.6) is 5.75 Å². The van der Waals surface area contributed by atoms with Gasteiger partial charge in [-0.05, 0) is 29.7 Å². The molecule has 0 atom stereocenters. The third-order valence-corrected chi connectivity index (χ3v) is 5.61. The van der Waals surface area contributed by atoms with E-state index in [0.29, 0.717) is 28.8 Å². The van der Waals surface area contributed by atoms with Crippen LogP contribution < -0.4 is 16.1 Å². The van der Waals surface area contributed by atoms with E-state index in [0.717, 1.165) is 22.9 Å². The van der Waals surface area contributed by atoms with Gasteiger partial charge in [0.25, 0.3) is 0 Å². The molecule has 0 fully saturated rings. The lowest BCUT2D eigenvalue weighted by Crippen LogP contribution is -2.18. The molecule has 7 nitrogen and oxygen atoms in total. The van der Waals surface area contributed by atoms with Crippen molar-refractivity contribution in [3.8, 4) is 5.75 Å². The number of methoxy groups -OCH3 is 1. The number of fused-ring (bicyclic) bond motifs is 1. The van der Waals surface area contributed by atoms with E-state index in [9.17, 15) is 9.59 Å². The van der Waals surface area contributed by atoms with Crippen molar-refractivity contribution in [3.63, 3.8) is 0 Å². The lowest BCUT2D eigenvalue weighted by molar-refractivity contribution is 0.414. The van der Waals surface area contributed by atoms with Crippen molar-refractivity contribution in [1.29, 1.82) is 0 Å². The Kier molecular flexibility index (Phi) is 5.53. The van der Waals surface area contributed by atoms with Crippen molar-refractivity contribution in [2.24, 2.45) is 0 Å². The number of nitrogens with one attached hydrogen (secondary N) is 1. The lowest BCUT2D eigenvalue weighted by atomic mass is 10.1. The number of rotatable bonds is 7. The molecule has 0 saturated heterocycles. The van der Waals surface area contributed by atoms with Gasteiger partial charge in [0, 0.05) is 29.8 Å². The molecule has 29 heavy (non-hydrogen) atoms. The second-order valence-corrected chi connectivity index (χ2v) is 7.38. The number of H-pyrrole nitrogens is 1. The Bertz CT molecular complexity index is 1240. The van der Waals surface area contributed by atoms with Gasteiger partial charge in [-0.25, -0.2) is 14.7 Å². The molecule has 4 rings (SSSR count). The molecule has 0 unspecified atom stereocenters. The van der Waals surface area contributed by atoms with Gasteiger partial charge >= 0.3 is 11.3 Å². The number of aryl methyl sites for hydroxylation is 1. The smallest absolute Gasteiger partial charge is 0.343 e. The molecule has 2 aromatic carbocycles. The minimum absolute atomic E-state index is 0.245. The first-order valence-corrected chi connectivity index (χ1v) is 10.1. The summed E-state index contributed by atoms with van der Waals surface area (Å²) in [5.41, 5.74) is 1.76. The third-order valence-electron chi connectivity index (χ3n) is 4.58. The number of ether oxygens (including phenoxy) is 1. The average molecular weight is 409 g/mol. The average Bonchev–Trinajstić information content (AvgIpc) is 3.10. The first-order valence-electron chi connectivity index (χ1n) is 9.07. The number of hydrogen-bond donors (Lipinski definition) is 1. The van der Waals surface area contributed by atoms with Crippen LogP contribution in [0, 0.1) is 0 Å². The van der Waals surface area contributed by atoms with Gasteiger partial charge in [0.1, 0.15) is 11.3 Å². The molecule has 2 heterocycles. The van der Waals surface area contributed by atoms with Crippen molar-refractivity contribution in [2.75, 3.05) is 7.11 Å². The molecule has 0 bridgehead atoms. The van der Waals surface area contributed by atoms with E-state index < -0.39 is 5.63 Å². The summed E-state index contributed by atoms with van der Waals surface area (Å²) in [6.45, 7) is 0.524. The third kappa shape index (κ3) is 4.27. The Balaban J connectivity index is 1.55. The zero-order valence-electron chi connectivity index (χ0n) is 15.8. The fourth-order valence-electron chi connectivity index (χ4n) is 3.10. The first-order chi connectivity index (χ1) is 14.1. The van der Waals surface area contributed by atoms with Gasteiger partial charge in [-0.2, -0.15) is 0 Å². The second-order valence-electron chi connectivity index (χ2n) is 6.44. The lowest BCUT2D eigenvalue weighted by Gasteiger charge is -2.08. The van der Waals surface area contributed by atoms with Gasteiger partial charge in [0.15, 0.2) is 5.16 Å². The zero-order valence-corrected chi connectivity index (χ0v) is 16.6. The van der Waals surface area contributed by atoms with E-state index in [2.05, 4.69) is 10.2 Å². The van der Waals surface area contributed by atoms with Crippen molar-refractivity contribution in [3.05, 3.63) is 86.6 Å². The minimum atomic E-state index is -0.426. The van der Waals surface area contributed by atoms with Crippen LogP contribution in [0.1, 0.15) is 11.1 Å². The van der Waals surface area contributed by atoms with Crippen molar-refractivity contribution >= 4 is 22.7 Å². The van der Waals surface area contributed by atoms with Crippen LogP contribution in [0.15, 0.2) is 73.8 Å². The van der Waals surface area contributed by atoms with Crippen molar-refractivity contribution < 1.29 is 9.15 Å². The Morgan fingerprint density at radius 3 is 2.76 bits per heavy atom. The molecule has 1 N–H and O–H groups in total. The van der Waals surface area contributed by atoms with E-state index in [1.165, 1.54) is 17.8 Å². The monoisotopic (exact) mass is 409 g/mol. The minimum Gasteiger partial charge on any atom is -0.497 e. The van der Waals surface area contributed by atoms with Crippen LogP contribution in [0.2, 0.25) is 0 Å². The molecule has 8 heteroatoms. The van der Waals surface area contributed by atoms with E-state index in [1.807, 2.05) is 42.5 Å². The molecule has 4 aromatic rings. The highest BCUT2D eigenvalue weighted by molar-refractivity contribution is 7.98. The highest BCUT2D eigenvalue weighted by Crippen LogP contribution is 2.27. The maximum absolute atomic E-state index is 12.2. The number of thioether (sulfide) groups is 1. The standard InChI is InChI=1S/C21H19N3O4S/c1-27-16-7-8-17-15(11-19(25)28-18(17)12-16)13-29-21-23-22-20(26)24(21)10-9-14-5-3-2-4-6-14/h2-8,11-12H,9-10,13H2,1H3,(H,22,26). The second kappa shape index (κ2) is 8.40. The van der Waals surface area contributed by atoms with E-state index in [-0.39, 0.29) is 5.69 Å². The summed E-state index contributed by atoms with van der Waals surface area (Å²) in [6, 6.07) is 16.8. The summed E-state index contributed by atoms with van der Waals surface area (Å²) in [7, 11) is 1.56. The summed E-state index contributed by atoms with van der Waals surface area (Å²) < 4.78 is 12.1. The molecule has 0 saturated carbocycles. The molecule has 0 aliphatic heterocycles. The van der Waals surface area contributed by atoms with E-state index in [4.69, 9.17) is 9.15 Å². The fourth-order valence-corrected chi connectivity index (χ4v) is 4.06. The molecule has 0 amide bonds. The largest absolute Gasteiger partial charge is 0.497 e. The Morgan fingerprint density at radius 2 is 1.97 bits per heavy atom. The Labute approximate surface area is 170 Å². The molecule has 0 aliphatic carbocycles. The molecule has 0 radical (unpaired) electrons. The molecular weight excluding hydrogens is 390 g/mol. The number of aromatic amines is 1. The van der Waals surface area contributed by atoms with Gasteiger partial charge in [-0.1, -0.05) is 42.1 Å². The molecular formula is C21H19N3O4S. The molecule has 2 aromatic heterocycles. The first kappa shape index (κ1) is 19.1. The highest BCUT2D eigenvalue weighted by atomic mass is 32.2. The van der Waals surface area contributed by atoms with Gasteiger partial charge in [0.2, 0.25) is 0 Å². The molecule has 148 valence electrons. The van der Waals surface area contributed by atoms with Crippen LogP contribution in [0.3, 0.4) is 0 Å². The van der Waals surface area contributed by atoms with E-state index in [1.54, 1.807) is 17.7 Å². The SMILES string of the molecule is COc1ccc2c(CSc3n[nH]c(=O)n3CCc3ccccc3)cc(=O)oc2c1. The van der Waals surface area contributed by atoms with Crippen LogP contribution >= 0.6 is 11.8 Å². The zero-order chi connectivity index (χ0) is 20.2. The summed E-state index contributed by atoms with van der Waals surface area (Å²) >= 11 is 1.40. The predicted octanol–water partition coefficient (Wildman–Crippen LogP) is 3.22. The van der Waals surface area contributed by atoms with E-state index >= 15 is 0 Å². The van der Waals surface area contributed by atoms with Crippen LogP contribution in [-0.4, -0.2) is 21.9 Å². The molecule has 0 spiro atoms. The number of hydrogen-bond acceptors (Lipinski definition) is 6. The maximum atomic E-state index is 12.2. The van der Waals surface area contributed by atoms with Crippen molar-refractivity contribution in [2.45, 2.75) is 23.9 Å². The van der Waals surface area contributed by atoms with Crippen molar-refractivity contribution in [1.82, 2.24) is 14.8 Å². The highest BCUT2D eigenvalue weighted by Gasteiger charge is 2.12. The predicted molar refractivity (Wildman–Crippen MR) is 112 cm³/mol. The Hall–Kier alpha value is -3.26. The van der Waals surface area contributed by atoms with Crippen LogP contribution in [-0.2, 0) is 18.7 Å². The fraction of sp³-hybridized carbons (Fsp3) is 0.190. The number of nitrogens with zero attached hydrogens (tertiary/aromatic N) is 2. The normalized spacial score (nSPS) is 11.1. The van der Waals surface area contributed by atoms with Gasteiger partial charge in [0.05, 0.1) is 7.11 Å². The van der Waals surface area contributed by atoms with Crippen LogP contribution in [0.25, 0.3) is 11.0 Å². The summed E-state index contributed by atoms with van der Waals surface area (Å²) in [5, 5.41) is 8.06. The van der Waals surface area contributed by atoms with Gasteiger partial charge in [-0.3, -0.25) is 4.57 Å². The summed E-state index contributed by atoms with van der Waals surface area (Å²) in [6.07, 6.45) is 0.728.